The van der Waals surface area contributed by atoms with Crippen LogP contribution in [0.1, 0.15) is 20.3 Å². The maximum atomic E-state index is 10.7. The number of aromatic nitrogens is 2. The van der Waals surface area contributed by atoms with Crippen molar-refractivity contribution in [3.63, 3.8) is 0 Å². The summed E-state index contributed by atoms with van der Waals surface area (Å²) in [5.74, 6) is 0.900. The van der Waals surface area contributed by atoms with Gasteiger partial charge in [0.15, 0.2) is 0 Å². The molecule has 0 aliphatic carbocycles. The van der Waals surface area contributed by atoms with Gasteiger partial charge in [-0.3, -0.25) is 10.1 Å². The van der Waals surface area contributed by atoms with Crippen molar-refractivity contribution in [1.29, 1.82) is 0 Å². The summed E-state index contributed by atoms with van der Waals surface area (Å²) in [4.78, 5) is 17.7. The van der Waals surface area contributed by atoms with Crippen molar-refractivity contribution in [2.45, 2.75) is 26.3 Å². The van der Waals surface area contributed by atoms with Gasteiger partial charge in [-0.1, -0.05) is 13.8 Å². The van der Waals surface area contributed by atoms with E-state index in [0.29, 0.717) is 29.3 Å². The van der Waals surface area contributed by atoms with Gasteiger partial charge >= 0.3 is 0 Å². The Bertz CT molecular complexity index is 609. The number of rotatable bonds is 6. The summed E-state index contributed by atoms with van der Waals surface area (Å²) in [5, 5.41) is 23.0. The summed E-state index contributed by atoms with van der Waals surface area (Å²) >= 11 is 0. The highest BCUT2D eigenvalue weighted by Crippen LogP contribution is 2.21. The molecule has 1 unspecified atom stereocenters. The van der Waals surface area contributed by atoms with Crippen LogP contribution in [0.3, 0.4) is 0 Å². The second-order valence-electron chi connectivity index (χ2n) is 5.05. The maximum Gasteiger partial charge on any atom is 0.271 e. The number of nitro benzene ring substituents is 1. The summed E-state index contributed by atoms with van der Waals surface area (Å²) in [6.07, 6.45) is 0.620. The Balaban J connectivity index is 2.24. The number of hydrogen-bond acceptors (Lipinski definition) is 5. The molecule has 0 aliphatic heterocycles. The Kier molecular flexibility index (Phi) is 4.19. The van der Waals surface area contributed by atoms with E-state index < -0.39 is 4.92 Å². The Hall–Kier alpha value is -2.15. The molecule has 3 N–H and O–H groups in total. The molecule has 108 valence electrons. The zero-order valence-electron chi connectivity index (χ0n) is 11.5. The highest BCUT2D eigenvalue weighted by molar-refractivity contribution is 5.79. The normalized spacial score (nSPS) is 12.8. The van der Waals surface area contributed by atoms with Crippen LogP contribution in [0.25, 0.3) is 11.0 Å². The lowest BCUT2D eigenvalue weighted by Crippen LogP contribution is -2.27. The molecule has 2 rings (SSSR count). The first-order valence-corrected chi connectivity index (χ1v) is 6.53. The molecule has 7 nitrogen and oxygen atoms in total. The fourth-order valence-electron chi connectivity index (χ4n) is 2.07. The molecule has 0 amide bonds. The fraction of sp³-hybridized carbons (Fsp3) is 0.462. The highest BCUT2D eigenvalue weighted by Gasteiger charge is 2.15. The zero-order valence-corrected chi connectivity index (χ0v) is 11.5. The van der Waals surface area contributed by atoms with Crippen LogP contribution in [0, 0.1) is 16.0 Å². The second kappa shape index (κ2) is 5.87. The third-order valence-corrected chi connectivity index (χ3v) is 3.24. The number of anilines is 1. The van der Waals surface area contributed by atoms with E-state index in [4.69, 9.17) is 5.11 Å². The van der Waals surface area contributed by atoms with Gasteiger partial charge in [-0.15, -0.1) is 0 Å². The molecule has 0 saturated carbocycles. The number of aromatic amines is 1. The molecule has 0 saturated heterocycles. The third kappa shape index (κ3) is 3.05. The number of nitrogens with one attached hydrogen (secondary N) is 2. The number of H-pyrrole nitrogens is 1. The van der Waals surface area contributed by atoms with Crippen LogP contribution in [0.15, 0.2) is 18.2 Å². The van der Waals surface area contributed by atoms with Gasteiger partial charge in [-0.05, 0) is 18.4 Å². The van der Waals surface area contributed by atoms with E-state index >= 15 is 0 Å². The van der Waals surface area contributed by atoms with E-state index in [1.54, 1.807) is 6.07 Å². The minimum atomic E-state index is -0.434. The van der Waals surface area contributed by atoms with Crippen LogP contribution in [0.2, 0.25) is 0 Å². The van der Waals surface area contributed by atoms with E-state index in [0.717, 1.165) is 0 Å². The second-order valence-corrected chi connectivity index (χ2v) is 5.05. The standard InChI is InChI=1S/C13H18N4O3/c1-8(2)10(5-6-18)14-13-15-11-4-3-9(17(19)20)7-12(11)16-13/h3-4,7-8,10,18H,5-6H2,1-2H3,(H2,14,15,16). The van der Waals surface area contributed by atoms with Gasteiger partial charge in [0.2, 0.25) is 5.95 Å². The van der Waals surface area contributed by atoms with Gasteiger partial charge in [-0.25, -0.2) is 4.98 Å². The summed E-state index contributed by atoms with van der Waals surface area (Å²) in [5.41, 5.74) is 1.32. The average molecular weight is 278 g/mol. The molecule has 1 heterocycles. The van der Waals surface area contributed by atoms with Crippen LogP contribution in [0.4, 0.5) is 11.6 Å². The predicted octanol–water partition coefficient (Wildman–Crippen LogP) is 2.29. The number of non-ortho nitro benzene ring substituents is 1. The number of aliphatic hydroxyl groups is 1. The topological polar surface area (TPSA) is 104 Å². The first-order valence-electron chi connectivity index (χ1n) is 6.53. The number of imidazole rings is 1. The van der Waals surface area contributed by atoms with Crippen LogP contribution < -0.4 is 5.32 Å². The first kappa shape index (κ1) is 14.3. The molecule has 1 aromatic carbocycles. The van der Waals surface area contributed by atoms with Crippen molar-refractivity contribution >= 4 is 22.7 Å². The van der Waals surface area contributed by atoms with Crippen molar-refractivity contribution < 1.29 is 10.0 Å². The van der Waals surface area contributed by atoms with Gasteiger partial charge < -0.3 is 15.4 Å². The molecule has 7 heteroatoms. The molecule has 20 heavy (non-hydrogen) atoms. The molecule has 0 fully saturated rings. The van der Waals surface area contributed by atoms with Crippen molar-refractivity contribution in [3.8, 4) is 0 Å². The van der Waals surface area contributed by atoms with E-state index in [9.17, 15) is 10.1 Å². The van der Waals surface area contributed by atoms with E-state index in [1.807, 2.05) is 0 Å². The minimum absolute atomic E-state index is 0.0310. The van der Waals surface area contributed by atoms with Crippen molar-refractivity contribution in [1.82, 2.24) is 9.97 Å². The van der Waals surface area contributed by atoms with E-state index in [1.165, 1.54) is 12.1 Å². The monoisotopic (exact) mass is 278 g/mol. The molecule has 0 spiro atoms. The smallest absolute Gasteiger partial charge is 0.271 e. The lowest BCUT2D eigenvalue weighted by molar-refractivity contribution is -0.384. The van der Waals surface area contributed by atoms with Crippen molar-refractivity contribution in [2.75, 3.05) is 11.9 Å². The van der Waals surface area contributed by atoms with Crippen LogP contribution >= 0.6 is 0 Å². The fourth-order valence-corrected chi connectivity index (χ4v) is 2.07. The number of aliphatic hydroxyl groups excluding tert-OH is 1. The number of nitrogens with zero attached hydrogens (tertiary/aromatic N) is 2. The molecular weight excluding hydrogens is 260 g/mol. The molecule has 1 aromatic heterocycles. The van der Waals surface area contributed by atoms with E-state index in [-0.39, 0.29) is 18.3 Å². The van der Waals surface area contributed by atoms with Gasteiger partial charge in [0.05, 0.1) is 16.0 Å². The zero-order chi connectivity index (χ0) is 14.7. The molecule has 1 atom stereocenters. The molecule has 0 bridgehead atoms. The summed E-state index contributed by atoms with van der Waals surface area (Å²) in [6, 6.07) is 4.60. The largest absolute Gasteiger partial charge is 0.396 e. The van der Waals surface area contributed by atoms with Crippen molar-refractivity contribution in [2.24, 2.45) is 5.92 Å². The molecule has 2 aromatic rings. The SMILES string of the molecule is CC(C)C(CCO)Nc1nc2ccc([N+](=O)[O-])cc2[nH]1. The molecule has 0 aliphatic rings. The Morgan fingerprint density at radius 3 is 2.85 bits per heavy atom. The number of hydrogen-bond donors (Lipinski definition) is 3. The quantitative estimate of drug-likeness (QED) is 0.555. The molecular formula is C13H18N4O3. The number of benzene rings is 1. The van der Waals surface area contributed by atoms with Crippen LogP contribution in [-0.2, 0) is 0 Å². The number of nitro groups is 1. The lowest BCUT2D eigenvalue weighted by Gasteiger charge is -2.20. The number of fused-ring (bicyclic) bond motifs is 1. The highest BCUT2D eigenvalue weighted by atomic mass is 16.6. The van der Waals surface area contributed by atoms with Gasteiger partial charge in [-0.2, -0.15) is 0 Å². The Morgan fingerprint density at radius 2 is 2.25 bits per heavy atom. The Labute approximate surface area is 116 Å². The summed E-state index contributed by atoms with van der Waals surface area (Å²) in [7, 11) is 0. The minimum Gasteiger partial charge on any atom is -0.396 e. The summed E-state index contributed by atoms with van der Waals surface area (Å²) in [6.45, 7) is 4.21. The molecule has 0 radical (unpaired) electrons. The van der Waals surface area contributed by atoms with Gasteiger partial charge in [0.1, 0.15) is 0 Å². The lowest BCUT2D eigenvalue weighted by atomic mass is 10.0. The van der Waals surface area contributed by atoms with Crippen molar-refractivity contribution in [3.05, 3.63) is 28.3 Å². The van der Waals surface area contributed by atoms with Crippen LogP contribution in [-0.4, -0.2) is 32.6 Å². The first-order chi connectivity index (χ1) is 9.51. The van der Waals surface area contributed by atoms with Gasteiger partial charge in [0, 0.05) is 24.8 Å². The van der Waals surface area contributed by atoms with Gasteiger partial charge in [0.25, 0.3) is 5.69 Å². The predicted molar refractivity (Wildman–Crippen MR) is 76.7 cm³/mol. The average Bonchev–Trinajstić information content (AvgIpc) is 2.79. The summed E-state index contributed by atoms with van der Waals surface area (Å²) < 4.78 is 0. The van der Waals surface area contributed by atoms with Crippen LogP contribution in [0.5, 0.6) is 0 Å². The maximum absolute atomic E-state index is 10.7. The third-order valence-electron chi connectivity index (χ3n) is 3.24. The Morgan fingerprint density at radius 1 is 1.50 bits per heavy atom. The van der Waals surface area contributed by atoms with E-state index in [2.05, 4.69) is 29.1 Å².